The molecule has 3 aromatic rings. The van der Waals surface area contributed by atoms with Gasteiger partial charge in [0, 0.05) is 6.20 Å². The summed E-state index contributed by atoms with van der Waals surface area (Å²) in [5, 5.41) is 9.56. The molecule has 14 heteroatoms. The van der Waals surface area contributed by atoms with Crippen LogP contribution >= 0.6 is 0 Å². The summed E-state index contributed by atoms with van der Waals surface area (Å²) in [5.41, 5.74) is 1.13. The summed E-state index contributed by atoms with van der Waals surface area (Å²) in [7, 11) is 0. The molecule has 1 aromatic carbocycles. The number of hydrogen-bond acceptors (Lipinski definition) is 5. The zero-order valence-corrected chi connectivity index (χ0v) is 20.3. The standard InChI is InChI=1S/C25H21F6N5O3/c1-13-2-5-17(32-10-13)19-20(33-18(37)9-24(26,27)28)21-22(38)34-23(11-36(21)35-19)7-6-14-8-15(3-4-16(14)23)39-12-25(29,30)31/h2-5,8,10H,6-7,9,11-12H2,1H3,(H,33,37)(H,34,38)/t23-/m1/s1. The van der Waals surface area contributed by atoms with Gasteiger partial charge in [0.1, 0.15) is 23.6 Å². The van der Waals surface area contributed by atoms with Crippen molar-refractivity contribution >= 4 is 17.5 Å². The van der Waals surface area contributed by atoms with Crippen molar-refractivity contribution in [2.45, 2.75) is 50.6 Å². The molecule has 206 valence electrons. The Kier molecular flexibility index (Phi) is 6.30. The third-order valence-electron chi connectivity index (χ3n) is 6.54. The third kappa shape index (κ3) is 5.40. The predicted octanol–water partition coefficient (Wildman–Crippen LogP) is 4.67. The molecule has 2 aliphatic rings. The van der Waals surface area contributed by atoms with Crippen LogP contribution in [0.1, 0.15) is 40.0 Å². The minimum Gasteiger partial charge on any atom is -0.484 e. The number of amides is 2. The Morgan fingerprint density at radius 1 is 1.15 bits per heavy atom. The van der Waals surface area contributed by atoms with Crippen LogP contribution in [0.15, 0.2) is 36.5 Å². The van der Waals surface area contributed by atoms with Gasteiger partial charge in [0.2, 0.25) is 5.91 Å². The number of benzene rings is 1. The van der Waals surface area contributed by atoms with Gasteiger partial charge in [-0.15, -0.1) is 0 Å². The van der Waals surface area contributed by atoms with Gasteiger partial charge in [-0.2, -0.15) is 31.4 Å². The quantitative estimate of drug-likeness (QED) is 0.448. The molecule has 0 saturated carbocycles. The van der Waals surface area contributed by atoms with Crippen LogP contribution in [0.2, 0.25) is 0 Å². The molecule has 2 aromatic heterocycles. The number of rotatable bonds is 5. The second-order valence-electron chi connectivity index (χ2n) is 9.55. The minimum absolute atomic E-state index is 0.0295. The molecule has 5 rings (SSSR count). The Morgan fingerprint density at radius 2 is 1.92 bits per heavy atom. The molecular weight excluding hydrogens is 532 g/mol. The first kappa shape index (κ1) is 26.5. The van der Waals surface area contributed by atoms with Crippen molar-refractivity contribution in [2.24, 2.45) is 0 Å². The fraction of sp³-hybridized carbons (Fsp3) is 0.360. The highest BCUT2D eigenvalue weighted by Crippen LogP contribution is 2.44. The van der Waals surface area contributed by atoms with E-state index in [-0.39, 0.29) is 35.1 Å². The fourth-order valence-corrected chi connectivity index (χ4v) is 4.93. The second-order valence-corrected chi connectivity index (χ2v) is 9.55. The maximum absolute atomic E-state index is 13.4. The van der Waals surface area contributed by atoms with Crippen molar-refractivity contribution < 1.29 is 40.7 Å². The number of carbonyl (C=O) groups excluding carboxylic acids is 2. The van der Waals surface area contributed by atoms with E-state index in [0.29, 0.717) is 24.0 Å². The van der Waals surface area contributed by atoms with Gasteiger partial charge in [-0.25, -0.2) is 0 Å². The predicted molar refractivity (Wildman–Crippen MR) is 125 cm³/mol. The van der Waals surface area contributed by atoms with Crippen LogP contribution in [0.3, 0.4) is 0 Å². The number of ether oxygens (including phenoxy) is 1. The first-order chi connectivity index (χ1) is 18.2. The van der Waals surface area contributed by atoms with E-state index < -0.39 is 42.7 Å². The van der Waals surface area contributed by atoms with Gasteiger partial charge < -0.3 is 15.4 Å². The lowest BCUT2D eigenvalue weighted by atomic mass is 9.89. The zero-order valence-electron chi connectivity index (χ0n) is 20.3. The maximum Gasteiger partial charge on any atom is 0.422 e. The van der Waals surface area contributed by atoms with Crippen LogP contribution in [-0.4, -0.2) is 45.5 Å². The van der Waals surface area contributed by atoms with Crippen molar-refractivity contribution in [2.75, 3.05) is 11.9 Å². The summed E-state index contributed by atoms with van der Waals surface area (Å²) in [6.07, 6.45) is -8.67. The number of hydrogen-bond donors (Lipinski definition) is 2. The molecule has 8 nitrogen and oxygen atoms in total. The van der Waals surface area contributed by atoms with E-state index in [1.165, 1.54) is 23.0 Å². The Labute approximate surface area is 217 Å². The number of carbonyl (C=O) groups is 2. The fourth-order valence-electron chi connectivity index (χ4n) is 4.93. The molecule has 1 atom stereocenters. The number of nitrogens with zero attached hydrogens (tertiary/aromatic N) is 3. The van der Waals surface area contributed by atoms with Crippen molar-refractivity contribution in [3.8, 4) is 17.1 Å². The average Bonchev–Trinajstić information content (AvgIpc) is 3.35. The average molecular weight is 553 g/mol. The number of alkyl halides is 6. The molecule has 0 bridgehead atoms. The summed E-state index contributed by atoms with van der Waals surface area (Å²) >= 11 is 0. The molecule has 1 spiro atoms. The lowest BCUT2D eigenvalue weighted by Gasteiger charge is -2.36. The number of pyridine rings is 1. The van der Waals surface area contributed by atoms with Crippen LogP contribution in [0.25, 0.3) is 11.4 Å². The minimum atomic E-state index is -4.76. The SMILES string of the molecule is Cc1ccc(-c2nn3c(c2NC(=O)CC(F)(F)F)C(=O)N[C@]2(CCc4cc(OCC(F)(F)F)ccc42)C3)nc1. The smallest absolute Gasteiger partial charge is 0.422 e. The summed E-state index contributed by atoms with van der Waals surface area (Å²) in [6.45, 7) is 0.413. The first-order valence-corrected chi connectivity index (χ1v) is 11.8. The van der Waals surface area contributed by atoms with Crippen LogP contribution in [0.4, 0.5) is 32.0 Å². The summed E-state index contributed by atoms with van der Waals surface area (Å²) in [4.78, 5) is 29.9. The highest BCUT2D eigenvalue weighted by atomic mass is 19.4. The maximum atomic E-state index is 13.4. The Bertz CT molecular complexity index is 1450. The monoisotopic (exact) mass is 553 g/mol. The second kappa shape index (κ2) is 9.27. The zero-order chi connectivity index (χ0) is 28.2. The summed E-state index contributed by atoms with van der Waals surface area (Å²) < 4.78 is 82.4. The molecule has 1 aliphatic heterocycles. The van der Waals surface area contributed by atoms with Crippen molar-refractivity contribution in [3.63, 3.8) is 0 Å². The van der Waals surface area contributed by atoms with Crippen LogP contribution in [-0.2, 0) is 23.3 Å². The van der Waals surface area contributed by atoms with E-state index >= 15 is 0 Å². The number of nitrogens with one attached hydrogen (secondary N) is 2. The van der Waals surface area contributed by atoms with Crippen molar-refractivity contribution in [1.29, 1.82) is 0 Å². The number of halogens is 6. The van der Waals surface area contributed by atoms with Gasteiger partial charge in [0.05, 0.1) is 17.8 Å². The number of fused-ring (bicyclic) bond motifs is 3. The molecule has 1 aliphatic carbocycles. The Morgan fingerprint density at radius 3 is 2.59 bits per heavy atom. The van der Waals surface area contributed by atoms with Gasteiger partial charge in [-0.05, 0) is 54.7 Å². The molecule has 2 amide bonds. The van der Waals surface area contributed by atoms with Crippen molar-refractivity contribution in [3.05, 3.63) is 58.9 Å². The van der Waals surface area contributed by atoms with Crippen LogP contribution < -0.4 is 15.4 Å². The summed E-state index contributed by atoms with van der Waals surface area (Å²) in [6, 6.07) is 7.73. The van der Waals surface area contributed by atoms with Crippen LogP contribution in [0, 0.1) is 6.92 Å². The van der Waals surface area contributed by atoms with Gasteiger partial charge in [0.15, 0.2) is 12.3 Å². The number of aromatic nitrogens is 3. The largest absolute Gasteiger partial charge is 0.484 e. The first-order valence-electron chi connectivity index (χ1n) is 11.8. The Balaban J connectivity index is 1.51. The topological polar surface area (TPSA) is 98.1 Å². The van der Waals surface area contributed by atoms with E-state index in [0.717, 1.165) is 5.56 Å². The molecule has 0 radical (unpaired) electrons. The highest BCUT2D eigenvalue weighted by molar-refractivity contribution is 6.07. The highest BCUT2D eigenvalue weighted by Gasteiger charge is 2.46. The lowest BCUT2D eigenvalue weighted by molar-refractivity contribution is -0.153. The van der Waals surface area contributed by atoms with Gasteiger partial charge in [-0.3, -0.25) is 19.3 Å². The van der Waals surface area contributed by atoms with Gasteiger partial charge in [-0.1, -0.05) is 12.1 Å². The lowest BCUT2D eigenvalue weighted by Crippen LogP contribution is -2.52. The van der Waals surface area contributed by atoms with Gasteiger partial charge in [0.25, 0.3) is 5.91 Å². The van der Waals surface area contributed by atoms with Crippen molar-refractivity contribution in [1.82, 2.24) is 20.1 Å². The molecular formula is C25H21F6N5O3. The molecule has 3 heterocycles. The number of aryl methyl sites for hydroxylation is 2. The normalized spacial score (nSPS) is 18.5. The van der Waals surface area contributed by atoms with E-state index in [1.807, 2.05) is 0 Å². The molecule has 39 heavy (non-hydrogen) atoms. The number of anilines is 1. The van der Waals surface area contributed by atoms with E-state index in [4.69, 9.17) is 4.74 Å². The van der Waals surface area contributed by atoms with Gasteiger partial charge >= 0.3 is 12.4 Å². The molecule has 0 fully saturated rings. The summed E-state index contributed by atoms with van der Waals surface area (Å²) in [5.74, 6) is -2.01. The van der Waals surface area contributed by atoms with E-state index in [1.54, 1.807) is 25.1 Å². The molecule has 0 unspecified atom stereocenters. The Hall–Kier alpha value is -4.10. The van der Waals surface area contributed by atoms with E-state index in [2.05, 4.69) is 20.7 Å². The molecule has 0 saturated heterocycles. The third-order valence-corrected chi connectivity index (χ3v) is 6.54. The molecule has 2 N–H and O–H groups in total. The van der Waals surface area contributed by atoms with E-state index in [9.17, 15) is 35.9 Å². The van der Waals surface area contributed by atoms with Crippen LogP contribution in [0.5, 0.6) is 5.75 Å².